The maximum atomic E-state index is 11.9. The first kappa shape index (κ1) is 16.5. The van der Waals surface area contributed by atoms with Crippen LogP contribution in [0.1, 0.15) is 16.1 Å². The SMILES string of the molecule is O=C(CNC(=O)c1ccc([N+](=O)[O-])cc1Cl)NCc1ccco1. The van der Waals surface area contributed by atoms with Crippen LogP contribution in [0.15, 0.2) is 41.0 Å². The smallest absolute Gasteiger partial charge is 0.270 e. The first-order chi connectivity index (χ1) is 11.0. The van der Waals surface area contributed by atoms with Crippen LogP contribution in [0.25, 0.3) is 0 Å². The predicted molar refractivity (Wildman–Crippen MR) is 81.0 cm³/mol. The second kappa shape index (κ2) is 7.41. The number of nitrogens with one attached hydrogen (secondary N) is 2. The Hall–Kier alpha value is -2.87. The molecule has 2 N–H and O–H groups in total. The van der Waals surface area contributed by atoms with Crippen LogP contribution in [0.4, 0.5) is 5.69 Å². The van der Waals surface area contributed by atoms with Gasteiger partial charge in [0.25, 0.3) is 11.6 Å². The number of hydrogen-bond acceptors (Lipinski definition) is 5. The van der Waals surface area contributed by atoms with Gasteiger partial charge in [0.15, 0.2) is 0 Å². The largest absolute Gasteiger partial charge is 0.467 e. The number of nitro benzene ring substituents is 1. The fourth-order valence-corrected chi connectivity index (χ4v) is 1.98. The van der Waals surface area contributed by atoms with Gasteiger partial charge in [-0.15, -0.1) is 0 Å². The predicted octanol–water partition coefficient (Wildman–Crippen LogP) is 1.89. The fraction of sp³-hybridized carbons (Fsp3) is 0.143. The van der Waals surface area contributed by atoms with Crippen LogP contribution < -0.4 is 10.6 Å². The van der Waals surface area contributed by atoms with Crippen LogP contribution >= 0.6 is 11.6 Å². The summed E-state index contributed by atoms with van der Waals surface area (Å²) in [7, 11) is 0. The van der Waals surface area contributed by atoms with Gasteiger partial charge in [0.2, 0.25) is 5.91 Å². The molecule has 0 saturated heterocycles. The molecule has 2 rings (SSSR count). The molecule has 23 heavy (non-hydrogen) atoms. The van der Waals surface area contributed by atoms with Gasteiger partial charge in [-0.25, -0.2) is 0 Å². The molecule has 0 spiro atoms. The van der Waals surface area contributed by atoms with E-state index < -0.39 is 16.7 Å². The van der Waals surface area contributed by atoms with Gasteiger partial charge in [-0.1, -0.05) is 11.6 Å². The topological polar surface area (TPSA) is 114 Å². The molecule has 0 aliphatic rings. The molecule has 0 bridgehead atoms. The molecule has 0 aliphatic heterocycles. The van der Waals surface area contributed by atoms with Gasteiger partial charge in [-0.3, -0.25) is 19.7 Å². The van der Waals surface area contributed by atoms with Crippen molar-refractivity contribution in [2.75, 3.05) is 6.54 Å². The van der Waals surface area contributed by atoms with E-state index in [1.54, 1.807) is 12.1 Å². The lowest BCUT2D eigenvalue weighted by molar-refractivity contribution is -0.384. The number of non-ortho nitro benzene ring substituents is 1. The molecule has 120 valence electrons. The number of hydrogen-bond donors (Lipinski definition) is 2. The van der Waals surface area contributed by atoms with Crippen LogP contribution in [0, 0.1) is 10.1 Å². The molecule has 0 radical (unpaired) electrons. The summed E-state index contributed by atoms with van der Waals surface area (Å²) in [6, 6.07) is 6.87. The van der Waals surface area contributed by atoms with Crippen LogP contribution in [0.5, 0.6) is 0 Å². The summed E-state index contributed by atoms with van der Waals surface area (Å²) in [5.41, 5.74) is -0.168. The average Bonchev–Trinajstić information content (AvgIpc) is 3.03. The second-order valence-electron chi connectivity index (χ2n) is 4.46. The number of benzene rings is 1. The zero-order valence-electron chi connectivity index (χ0n) is 11.7. The summed E-state index contributed by atoms with van der Waals surface area (Å²) in [4.78, 5) is 33.5. The number of halogens is 1. The highest BCUT2D eigenvalue weighted by Crippen LogP contribution is 2.22. The Balaban J connectivity index is 1.86. The Morgan fingerprint density at radius 3 is 2.65 bits per heavy atom. The van der Waals surface area contributed by atoms with E-state index in [2.05, 4.69) is 10.6 Å². The zero-order valence-corrected chi connectivity index (χ0v) is 12.5. The van der Waals surface area contributed by atoms with E-state index >= 15 is 0 Å². The number of amides is 2. The summed E-state index contributed by atoms with van der Waals surface area (Å²) in [6.45, 7) is -0.0488. The van der Waals surface area contributed by atoms with Gasteiger partial charge >= 0.3 is 0 Å². The van der Waals surface area contributed by atoms with E-state index in [1.807, 2.05) is 0 Å². The summed E-state index contributed by atoms with van der Waals surface area (Å²) >= 11 is 5.83. The normalized spacial score (nSPS) is 10.1. The zero-order chi connectivity index (χ0) is 16.8. The van der Waals surface area contributed by atoms with Crippen molar-refractivity contribution in [3.63, 3.8) is 0 Å². The molecule has 9 heteroatoms. The third kappa shape index (κ3) is 4.55. The first-order valence-electron chi connectivity index (χ1n) is 6.48. The van der Waals surface area contributed by atoms with Crippen molar-refractivity contribution in [2.45, 2.75) is 6.54 Å². The molecular weight excluding hydrogens is 326 g/mol. The molecule has 2 aromatic rings. The van der Waals surface area contributed by atoms with E-state index in [0.717, 1.165) is 12.1 Å². The van der Waals surface area contributed by atoms with Gasteiger partial charge < -0.3 is 15.1 Å². The number of furan rings is 1. The highest BCUT2D eigenvalue weighted by atomic mass is 35.5. The second-order valence-corrected chi connectivity index (χ2v) is 4.87. The minimum Gasteiger partial charge on any atom is -0.467 e. The molecule has 1 aromatic heterocycles. The maximum absolute atomic E-state index is 11.9. The van der Waals surface area contributed by atoms with Crippen molar-refractivity contribution in [1.82, 2.24) is 10.6 Å². The van der Waals surface area contributed by atoms with Gasteiger partial charge in [0.05, 0.1) is 34.9 Å². The van der Waals surface area contributed by atoms with Gasteiger partial charge in [-0.05, 0) is 18.2 Å². The number of rotatable bonds is 6. The monoisotopic (exact) mass is 337 g/mol. The molecule has 1 aromatic carbocycles. The van der Waals surface area contributed by atoms with Crippen LogP contribution in [0.2, 0.25) is 5.02 Å². The Bertz CT molecular complexity index is 730. The van der Waals surface area contributed by atoms with E-state index in [-0.39, 0.29) is 29.4 Å². The van der Waals surface area contributed by atoms with Crippen molar-refractivity contribution in [3.8, 4) is 0 Å². The molecule has 8 nitrogen and oxygen atoms in total. The molecule has 0 fully saturated rings. The Morgan fingerprint density at radius 2 is 2.04 bits per heavy atom. The molecular formula is C14H12ClN3O5. The molecule has 0 saturated carbocycles. The molecule has 1 heterocycles. The lowest BCUT2D eigenvalue weighted by Crippen LogP contribution is -2.36. The number of nitro groups is 1. The number of carbonyl (C=O) groups excluding carboxylic acids is 2. The third-order valence-corrected chi connectivity index (χ3v) is 3.17. The van der Waals surface area contributed by atoms with Crippen LogP contribution in [-0.4, -0.2) is 23.3 Å². The van der Waals surface area contributed by atoms with E-state index in [4.69, 9.17) is 16.0 Å². The highest BCUT2D eigenvalue weighted by molar-refractivity contribution is 6.34. The third-order valence-electron chi connectivity index (χ3n) is 2.86. The van der Waals surface area contributed by atoms with Crippen molar-refractivity contribution in [1.29, 1.82) is 0 Å². The van der Waals surface area contributed by atoms with Gasteiger partial charge in [0.1, 0.15) is 5.76 Å². The summed E-state index contributed by atoms with van der Waals surface area (Å²) in [5, 5.41) is 15.5. The quantitative estimate of drug-likeness (QED) is 0.617. The van der Waals surface area contributed by atoms with Crippen molar-refractivity contribution < 1.29 is 18.9 Å². The molecule has 0 atom stereocenters. The minimum absolute atomic E-state index is 0.0519. The van der Waals surface area contributed by atoms with Crippen LogP contribution in [0.3, 0.4) is 0 Å². The first-order valence-corrected chi connectivity index (χ1v) is 6.86. The Morgan fingerprint density at radius 1 is 1.26 bits per heavy atom. The lowest BCUT2D eigenvalue weighted by Gasteiger charge is -2.07. The van der Waals surface area contributed by atoms with Gasteiger partial charge in [0, 0.05) is 12.1 Å². The van der Waals surface area contributed by atoms with Crippen molar-refractivity contribution in [3.05, 3.63) is 63.1 Å². The van der Waals surface area contributed by atoms with Crippen LogP contribution in [-0.2, 0) is 11.3 Å². The lowest BCUT2D eigenvalue weighted by atomic mass is 10.2. The fourth-order valence-electron chi connectivity index (χ4n) is 1.72. The van der Waals surface area contributed by atoms with E-state index in [1.165, 1.54) is 12.3 Å². The highest BCUT2D eigenvalue weighted by Gasteiger charge is 2.15. The maximum Gasteiger partial charge on any atom is 0.270 e. The molecule has 0 aliphatic carbocycles. The summed E-state index contributed by atoms with van der Waals surface area (Å²) in [6.07, 6.45) is 1.49. The summed E-state index contributed by atoms with van der Waals surface area (Å²) in [5.74, 6) is -0.422. The van der Waals surface area contributed by atoms with E-state index in [0.29, 0.717) is 5.76 Å². The van der Waals surface area contributed by atoms with Crippen molar-refractivity contribution in [2.24, 2.45) is 0 Å². The Kier molecular flexibility index (Phi) is 5.32. The van der Waals surface area contributed by atoms with E-state index in [9.17, 15) is 19.7 Å². The average molecular weight is 338 g/mol. The summed E-state index contributed by atoms with van der Waals surface area (Å²) < 4.78 is 5.05. The number of nitrogens with zero attached hydrogens (tertiary/aromatic N) is 1. The standard InChI is InChI=1S/C14H12ClN3O5/c15-12-6-9(18(21)22)3-4-11(12)14(20)17-8-13(19)16-7-10-2-1-5-23-10/h1-6H,7-8H2,(H,16,19)(H,17,20). The minimum atomic E-state index is -0.615. The molecule has 2 amide bonds. The molecule has 0 unspecified atom stereocenters. The van der Waals surface area contributed by atoms with Crippen molar-refractivity contribution >= 4 is 29.1 Å². The number of carbonyl (C=O) groups is 2. The Labute approximate surface area is 135 Å². The van der Waals surface area contributed by atoms with Gasteiger partial charge in [-0.2, -0.15) is 0 Å².